The zero-order valence-electron chi connectivity index (χ0n) is 14.8. The number of aliphatic hydroxyl groups is 1. The smallest absolute Gasteiger partial charge is 0.244 e. The fraction of sp³-hybridized carbons (Fsp3) is 0.350. The van der Waals surface area contributed by atoms with E-state index < -0.39 is 35.6 Å². The third-order valence-electron chi connectivity index (χ3n) is 5.44. The van der Waals surface area contributed by atoms with E-state index in [0.717, 1.165) is 12.1 Å². The second kappa shape index (κ2) is 7.39. The van der Waals surface area contributed by atoms with Crippen molar-refractivity contribution in [1.29, 1.82) is 0 Å². The molecular weight excluding hydrogens is 393 g/mol. The molecule has 1 amide bonds. The van der Waals surface area contributed by atoms with Crippen LogP contribution < -0.4 is 4.90 Å². The molecule has 0 radical (unpaired) electrons. The van der Waals surface area contributed by atoms with E-state index in [1.54, 1.807) is 6.07 Å². The minimum absolute atomic E-state index is 0.0204. The molecule has 0 aliphatic carbocycles. The highest BCUT2D eigenvalue weighted by atomic mass is 35.5. The van der Waals surface area contributed by atoms with Crippen molar-refractivity contribution in [3.05, 3.63) is 64.4 Å². The standard InChI is InChI=1S/C20H18ClF3N2O2/c21-14-3-2-12(8-16(14)23)25-6-5-18(20(25)28)26-10-13(27)9-19(26)11-1-4-15(22)17(24)7-11/h1-4,7-8,13,18-19,27H,5-6,9-10H2. The number of hydrogen-bond acceptors (Lipinski definition) is 3. The van der Waals surface area contributed by atoms with E-state index in [2.05, 4.69) is 0 Å². The topological polar surface area (TPSA) is 43.8 Å². The number of carbonyl (C=O) groups is 1. The highest BCUT2D eigenvalue weighted by molar-refractivity contribution is 6.30. The molecule has 2 heterocycles. The number of amides is 1. The molecule has 0 aromatic heterocycles. The summed E-state index contributed by atoms with van der Waals surface area (Å²) in [6.07, 6.45) is 0.133. The lowest BCUT2D eigenvalue weighted by molar-refractivity contribution is -0.122. The van der Waals surface area contributed by atoms with E-state index >= 15 is 0 Å². The van der Waals surface area contributed by atoms with Crippen molar-refractivity contribution in [2.45, 2.75) is 31.0 Å². The van der Waals surface area contributed by atoms with Gasteiger partial charge in [-0.2, -0.15) is 0 Å². The number of anilines is 1. The molecule has 1 N–H and O–H groups in total. The Morgan fingerprint density at radius 3 is 2.50 bits per heavy atom. The first-order valence-corrected chi connectivity index (χ1v) is 9.38. The molecule has 0 saturated carbocycles. The van der Waals surface area contributed by atoms with E-state index in [-0.39, 0.29) is 17.5 Å². The molecule has 2 aliphatic rings. The van der Waals surface area contributed by atoms with Crippen molar-refractivity contribution >= 4 is 23.2 Å². The molecule has 3 unspecified atom stereocenters. The minimum atomic E-state index is -0.963. The largest absolute Gasteiger partial charge is 0.392 e. The molecule has 4 rings (SSSR count). The molecule has 4 nitrogen and oxygen atoms in total. The van der Waals surface area contributed by atoms with Crippen LogP contribution in [0.25, 0.3) is 0 Å². The van der Waals surface area contributed by atoms with Gasteiger partial charge >= 0.3 is 0 Å². The van der Waals surface area contributed by atoms with Gasteiger partial charge in [0.15, 0.2) is 11.6 Å². The van der Waals surface area contributed by atoms with Gasteiger partial charge in [0.05, 0.1) is 17.2 Å². The van der Waals surface area contributed by atoms with Crippen LogP contribution >= 0.6 is 11.6 Å². The zero-order valence-corrected chi connectivity index (χ0v) is 15.5. The maximum absolute atomic E-state index is 13.8. The first kappa shape index (κ1) is 19.2. The Balaban J connectivity index is 1.59. The van der Waals surface area contributed by atoms with Gasteiger partial charge in [-0.1, -0.05) is 17.7 Å². The first-order chi connectivity index (χ1) is 13.3. The number of halogens is 4. The van der Waals surface area contributed by atoms with Crippen LogP contribution in [0.2, 0.25) is 5.02 Å². The summed E-state index contributed by atoms with van der Waals surface area (Å²) in [7, 11) is 0. The summed E-state index contributed by atoms with van der Waals surface area (Å²) >= 11 is 5.71. The average molecular weight is 411 g/mol. The lowest BCUT2D eigenvalue weighted by Gasteiger charge is -2.29. The van der Waals surface area contributed by atoms with E-state index in [9.17, 15) is 23.1 Å². The Labute approximate surface area is 165 Å². The monoisotopic (exact) mass is 410 g/mol. The van der Waals surface area contributed by atoms with Gasteiger partial charge in [-0.15, -0.1) is 0 Å². The third kappa shape index (κ3) is 3.38. The number of benzene rings is 2. The summed E-state index contributed by atoms with van der Waals surface area (Å²) in [4.78, 5) is 16.3. The van der Waals surface area contributed by atoms with Crippen molar-refractivity contribution in [1.82, 2.24) is 4.90 Å². The van der Waals surface area contributed by atoms with Gasteiger partial charge in [-0.05, 0) is 48.7 Å². The molecule has 3 atom stereocenters. The Hall–Kier alpha value is -2.09. The van der Waals surface area contributed by atoms with Crippen LogP contribution in [0.3, 0.4) is 0 Å². The molecule has 2 aromatic carbocycles. The lowest BCUT2D eigenvalue weighted by atomic mass is 10.0. The van der Waals surface area contributed by atoms with Gasteiger partial charge in [-0.3, -0.25) is 9.69 Å². The first-order valence-electron chi connectivity index (χ1n) is 9.00. The number of rotatable bonds is 3. The maximum atomic E-state index is 13.8. The second-order valence-electron chi connectivity index (χ2n) is 7.17. The molecule has 2 saturated heterocycles. The molecular formula is C20H18ClF3N2O2. The maximum Gasteiger partial charge on any atom is 0.244 e. The quantitative estimate of drug-likeness (QED) is 0.839. The summed E-state index contributed by atoms with van der Waals surface area (Å²) < 4.78 is 40.8. The van der Waals surface area contributed by atoms with Crippen LogP contribution in [0.1, 0.15) is 24.4 Å². The Morgan fingerprint density at radius 2 is 1.79 bits per heavy atom. The summed E-state index contributed by atoms with van der Waals surface area (Å²) in [5.74, 6) is -2.73. The Bertz CT molecular complexity index is 926. The summed E-state index contributed by atoms with van der Waals surface area (Å²) in [5.41, 5.74) is 0.928. The number of nitrogens with zero attached hydrogens (tertiary/aromatic N) is 2. The normalized spacial score (nSPS) is 25.7. The van der Waals surface area contributed by atoms with Gasteiger partial charge < -0.3 is 10.0 Å². The number of aliphatic hydroxyl groups excluding tert-OH is 1. The Morgan fingerprint density at radius 1 is 1.00 bits per heavy atom. The predicted molar refractivity (Wildman–Crippen MR) is 98.6 cm³/mol. The highest BCUT2D eigenvalue weighted by Crippen LogP contribution is 2.38. The molecule has 8 heteroatoms. The number of hydrogen-bond donors (Lipinski definition) is 1. The molecule has 28 heavy (non-hydrogen) atoms. The fourth-order valence-corrected chi connectivity index (χ4v) is 4.23. The van der Waals surface area contributed by atoms with Crippen molar-refractivity contribution < 1.29 is 23.1 Å². The van der Waals surface area contributed by atoms with Gasteiger partial charge in [0, 0.05) is 24.8 Å². The minimum Gasteiger partial charge on any atom is -0.392 e. The van der Waals surface area contributed by atoms with Crippen molar-refractivity contribution in [2.24, 2.45) is 0 Å². The number of carbonyl (C=O) groups excluding carboxylic acids is 1. The number of β-amino-alcohol motifs (C(OH)–C–C–N with tert-alkyl or cyclic N) is 1. The summed E-state index contributed by atoms with van der Waals surface area (Å²) in [6.45, 7) is 0.643. The summed E-state index contributed by atoms with van der Waals surface area (Å²) in [6, 6.07) is 6.89. The van der Waals surface area contributed by atoms with Crippen molar-refractivity contribution in [2.75, 3.05) is 18.0 Å². The van der Waals surface area contributed by atoms with Crippen LogP contribution in [0.5, 0.6) is 0 Å². The van der Waals surface area contributed by atoms with Crippen LogP contribution in [-0.4, -0.2) is 41.1 Å². The Kier molecular flexibility index (Phi) is 5.07. The van der Waals surface area contributed by atoms with Crippen molar-refractivity contribution in [3.8, 4) is 0 Å². The van der Waals surface area contributed by atoms with Gasteiger partial charge in [-0.25, -0.2) is 13.2 Å². The number of likely N-dealkylation sites (tertiary alicyclic amines) is 1. The summed E-state index contributed by atoms with van der Waals surface area (Å²) in [5, 5.41) is 10.1. The van der Waals surface area contributed by atoms with E-state index in [0.29, 0.717) is 30.6 Å². The van der Waals surface area contributed by atoms with Gasteiger partial charge in [0.2, 0.25) is 5.91 Å². The lowest BCUT2D eigenvalue weighted by Crippen LogP contribution is -2.42. The molecule has 0 bridgehead atoms. The molecule has 2 aromatic rings. The van der Waals surface area contributed by atoms with Crippen LogP contribution in [0.4, 0.5) is 18.9 Å². The third-order valence-corrected chi connectivity index (χ3v) is 5.74. The van der Waals surface area contributed by atoms with Crippen LogP contribution in [-0.2, 0) is 4.79 Å². The molecule has 2 fully saturated rings. The second-order valence-corrected chi connectivity index (χ2v) is 7.58. The fourth-order valence-electron chi connectivity index (χ4n) is 4.11. The van der Waals surface area contributed by atoms with Gasteiger partial charge in [0.25, 0.3) is 0 Å². The van der Waals surface area contributed by atoms with E-state index in [1.165, 1.54) is 23.1 Å². The zero-order chi connectivity index (χ0) is 20.0. The highest BCUT2D eigenvalue weighted by Gasteiger charge is 2.44. The van der Waals surface area contributed by atoms with Crippen molar-refractivity contribution in [3.63, 3.8) is 0 Å². The molecule has 148 valence electrons. The molecule has 0 spiro atoms. The van der Waals surface area contributed by atoms with Gasteiger partial charge in [0.1, 0.15) is 5.82 Å². The molecule has 2 aliphatic heterocycles. The van der Waals surface area contributed by atoms with E-state index in [4.69, 9.17) is 11.6 Å². The SMILES string of the molecule is O=C1C(N2CC(O)CC2c2ccc(F)c(F)c2)CCN1c1ccc(Cl)c(F)c1. The van der Waals surface area contributed by atoms with Crippen LogP contribution in [0.15, 0.2) is 36.4 Å². The van der Waals surface area contributed by atoms with E-state index in [1.807, 2.05) is 4.90 Å². The predicted octanol–water partition coefficient (Wildman–Crippen LogP) is 3.67. The average Bonchev–Trinajstić information content (AvgIpc) is 3.22. The van der Waals surface area contributed by atoms with Crippen LogP contribution in [0, 0.1) is 17.5 Å².